The Kier molecular flexibility index (Phi) is 5.08. The lowest BCUT2D eigenvalue weighted by Crippen LogP contribution is -2.18. The molecule has 2 heteroatoms. The lowest BCUT2D eigenvalue weighted by atomic mass is 9.82. The number of para-hydroxylation sites is 1. The lowest BCUT2D eigenvalue weighted by molar-refractivity contribution is 0.660. The van der Waals surface area contributed by atoms with Crippen molar-refractivity contribution >= 4 is 49.8 Å². The van der Waals surface area contributed by atoms with Crippen LogP contribution in [0.5, 0.6) is 0 Å². The molecule has 0 aliphatic heterocycles. The molecule has 0 unspecified atom stereocenters. The van der Waals surface area contributed by atoms with Crippen LogP contribution in [-0.2, 0) is 10.8 Å². The molecule has 11 rings (SSSR count). The minimum absolute atomic E-state index is 0.00577. The Morgan fingerprint density at radius 3 is 2.09 bits per heavy atom. The van der Waals surface area contributed by atoms with Crippen LogP contribution in [0.4, 0.5) is 17.1 Å². The molecule has 0 radical (unpaired) electrons. The number of nitrogens with zero attached hydrogens (tertiary/aromatic N) is 1. The van der Waals surface area contributed by atoms with Crippen molar-refractivity contribution in [2.24, 2.45) is 0 Å². The quantitative estimate of drug-likeness (QED) is 0.182. The summed E-state index contributed by atoms with van der Waals surface area (Å²) in [5.74, 6) is 0. The number of fused-ring (bicyclic) bond motifs is 11. The molecular weight excluding hydrogens is 655 g/mol. The van der Waals surface area contributed by atoms with Crippen LogP contribution in [0.2, 0.25) is 0 Å². The van der Waals surface area contributed by atoms with Gasteiger partial charge in [-0.15, -0.1) is 0 Å². The maximum absolute atomic E-state index is 10.1. The van der Waals surface area contributed by atoms with Gasteiger partial charge in [0.2, 0.25) is 0 Å². The number of furan rings is 1. The third-order valence-corrected chi connectivity index (χ3v) is 11.8. The summed E-state index contributed by atoms with van der Waals surface area (Å²) in [5, 5.41) is 4.16. The SMILES string of the molecule is [2H]c1c([2H])c([2H])c2c(c1[2H])-c1c([2H])c([2H])c(N(c3cccc(-c4cccc5c4oc4c6ccccc6ccc54)c3)c3ccc4c(c3)C(C)(C)c3ccccc3-4)c([2H])c1C2(C)C. The van der Waals surface area contributed by atoms with E-state index in [1.165, 1.54) is 11.1 Å². The third-order valence-electron chi connectivity index (χ3n) is 11.8. The Morgan fingerprint density at radius 1 is 0.463 bits per heavy atom. The summed E-state index contributed by atoms with van der Waals surface area (Å²) < 4.78 is 71.2. The molecule has 1 heterocycles. The number of hydrogen-bond donors (Lipinski definition) is 0. The maximum atomic E-state index is 10.1. The molecule has 0 fully saturated rings. The second-order valence-corrected chi connectivity index (χ2v) is 15.6. The van der Waals surface area contributed by atoms with Crippen molar-refractivity contribution in [3.63, 3.8) is 0 Å². The van der Waals surface area contributed by atoms with Gasteiger partial charge in [0.15, 0.2) is 0 Å². The summed E-state index contributed by atoms with van der Waals surface area (Å²) in [6.07, 6.45) is 0. The number of anilines is 3. The highest BCUT2D eigenvalue weighted by Crippen LogP contribution is 2.53. The van der Waals surface area contributed by atoms with Gasteiger partial charge in [-0.2, -0.15) is 0 Å². The Hall–Kier alpha value is -6.38. The van der Waals surface area contributed by atoms with Crippen LogP contribution in [0.25, 0.3) is 66.1 Å². The number of hydrogen-bond acceptors (Lipinski definition) is 2. The van der Waals surface area contributed by atoms with Crippen molar-refractivity contribution in [2.75, 3.05) is 4.90 Å². The molecule has 9 aromatic rings. The second-order valence-electron chi connectivity index (χ2n) is 15.6. The van der Waals surface area contributed by atoms with Crippen LogP contribution in [0.3, 0.4) is 0 Å². The Morgan fingerprint density at radius 2 is 1.17 bits per heavy atom. The second kappa shape index (κ2) is 11.1. The Bertz CT molecular complexity index is 3420. The Balaban J connectivity index is 1.17. The predicted octanol–water partition coefficient (Wildman–Crippen LogP) is 14.5. The van der Waals surface area contributed by atoms with E-state index in [2.05, 4.69) is 80.6 Å². The van der Waals surface area contributed by atoms with Crippen LogP contribution in [0.15, 0.2) is 168 Å². The summed E-state index contributed by atoms with van der Waals surface area (Å²) in [7, 11) is 0. The van der Waals surface area contributed by atoms with E-state index in [0.717, 1.165) is 55.0 Å². The normalized spacial score (nSPS) is 16.4. The molecule has 2 aliphatic rings. The van der Waals surface area contributed by atoms with Gasteiger partial charge in [-0.3, -0.25) is 0 Å². The van der Waals surface area contributed by atoms with Gasteiger partial charge in [-0.1, -0.05) is 149 Å². The monoisotopic (exact) mass is 700 g/mol. The molecule has 54 heavy (non-hydrogen) atoms. The summed E-state index contributed by atoms with van der Waals surface area (Å²) in [6, 6.07) is 39.7. The van der Waals surface area contributed by atoms with Crippen molar-refractivity contribution in [1.29, 1.82) is 0 Å². The van der Waals surface area contributed by atoms with Gasteiger partial charge >= 0.3 is 0 Å². The van der Waals surface area contributed by atoms with Crippen LogP contribution in [0, 0.1) is 0 Å². The molecule has 2 aliphatic carbocycles. The van der Waals surface area contributed by atoms with Crippen molar-refractivity contribution < 1.29 is 14.0 Å². The van der Waals surface area contributed by atoms with Crippen molar-refractivity contribution in [3.8, 4) is 33.4 Å². The molecule has 0 bridgehead atoms. The highest BCUT2D eigenvalue weighted by atomic mass is 16.3. The molecular formula is C52H39NO. The minimum atomic E-state index is -1.08. The fourth-order valence-corrected chi connectivity index (χ4v) is 9.06. The molecule has 2 nitrogen and oxygen atoms in total. The largest absolute Gasteiger partial charge is 0.455 e. The number of benzene rings is 8. The van der Waals surface area contributed by atoms with E-state index >= 15 is 0 Å². The zero-order valence-electron chi connectivity index (χ0n) is 37.4. The molecule has 1 aromatic heterocycles. The van der Waals surface area contributed by atoms with Crippen LogP contribution < -0.4 is 4.90 Å². The first kappa shape index (κ1) is 24.8. The summed E-state index contributed by atoms with van der Waals surface area (Å²) >= 11 is 0. The van der Waals surface area contributed by atoms with Gasteiger partial charge in [0.25, 0.3) is 0 Å². The highest BCUT2D eigenvalue weighted by molar-refractivity contribution is 6.17. The summed E-state index contributed by atoms with van der Waals surface area (Å²) in [4.78, 5) is 1.91. The van der Waals surface area contributed by atoms with Crippen LogP contribution in [0.1, 0.15) is 59.5 Å². The zero-order chi connectivity index (χ0) is 42.4. The molecule has 0 amide bonds. The fourth-order valence-electron chi connectivity index (χ4n) is 9.06. The van der Waals surface area contributed by atoms with E-state index in [0.29, 0.717) is 22.5 Å². The van der Waals surface area contributed by atoms with E-state index in [1.54, 1.807) is 0 Å². The highest BCUT2D eigenvalue weighted by Gasteiger charge is 2.37. The predicted molar refractivity (Wildman–Crippen MR) is 226 cm³/mol. The zero-order valence-corrected chi connectivity index (χ0v) is 30.4. The Labute approximate surface area is 325 Å². The first-order valence-electron chi connectivity index (χ1n) is 21.9. The molecule has 0 spiro atoms. The number of rotatable bonds is 4. The smallest absolute Gasteiger partial charge is 0.143 e. The van der Waals surface area contributed by atoms with Gasteiger partial charge in [0.05, 0.1) is 9.60 Å². The van der Waals surface area contributed by atoms with Gasteiger partial charge in [0.1, 0.15) is 11.2 Å². The van der Waals surface area contributed by atoms with E-state index in [-0.39, 0.29) is 58.5 Å². The van der Waals surface area contributed by atoms with Gasteiger partial charge in [0, 0.05) is 49.6 Å². The van der Waals surface area contributed by atoms with Crippen molar-refractivity contribution in [2.45, 2.75) is 38.5 Å². The van der Waals surface area contributed by atoms with Gasteiger partial charge in [-0.25, -0.2) is 0 Å². The van der Waals surface area contributed by atoms with Gasteiger partial charge in [-0.05, 0) is 97.9 Å². The average molecular weight is 701 g/mol. The lowest BCUT2D eigenvalue weighted by Gasteiger charge is -2.30. The molecule has 8 aromatic carbocycles. The maximum Gasteiger partial charge on any atom is 0.143 e. The topological polar surface area (TPSA) is 16.4 Å². The van der Waals surface area contributed by atoms with E-state index in [9.17, 15) is 4.11 Å². The van der Waals surface area contributed by atoms with Gasteiger partial charge < -0.3 is 9.32 Å². The van der Waals surface area contributed by atoms with E-state index < -0.39 is 11.5 Å². The van der Waals surface area contributed by atoms with Crippen molar-refractivity contribution in [3.05, 3.63) is 186 Å². The molecule has 0 saturated carbocycles. The summed E-state index contributed by atoms with van der Waals surface area (Å²) in [5.41, 5.74) is 9.25. The van der Waals surface area contributed by atoms with Crippen LogP contribution in [-0.4, -0.2) is 0 Å². The van der Waals surface area contributed by atoms with E-state index in [4.69, 9.17) is 9.90 Å². The molecule has 0 atom stereocenters. The third kappa shape index (κ3) is 4.28. The summed E-state index contributed by atoms with van der Waals surface area (Å²) in [6.45, 7) is 8.12. The first-order valence-corrected chi connectivity index (χ1v) is 18.4. The molecule has 258 valence electrons. The van der Waals surface area contributed by atoms with Crippen molar-refractivity contribution in [1.82, 2.24) is 0 Å². The molecule has 0 saturated heterocycles. The average Bonchev–Trinajstić information content (AvgIpc) is 3.85. The van der Waals surface area contributed by atoms with E-state index in [1.807, 2.05) is 73.3 Å². The first-order chi connectivity index (χ1) is 29.2. The minimum Gasteiger partial charge on any atom is -0.455 e. The molecule has 0 N–H and O–H groups in total. The van der Waals surface area contributed by atoms with Crippen LogP contribution >= 0.6 is 0 Å². The fraction of sp³-hybridized carbons (Fsp3) is 0.115. The standard InChI is InChI=1S/C52H39NO/c1-51(2)45-21-9-7-17-39(45)41-27-24-35(30-47(41)51)53(36-25-28-42-40-18-8-10-22-46(40)52(3,4)48(42)31-36)34-15-11-14-33(29-34)38-19-12-20-43-44-26-23-32-13-5-6-16-37(32)49(44)54-50(38)43/h5-31H,1-4H3/i7D,9D,17D,21D,24D,27D,30D.